The number of carbonyl (C=O) groups is 2. The largest absolute Gasteiger partial charge is 0.483 e. The fourth-order valence-corrected chi connectivity index (χ4v) is 4.25. The van der Waals surface area contributed by atoms with Crippen LogP contribution in [0.2, 0.25) is 0 Å². The molecule has 0 aliphatic heterocycles. The number of carbonyl (C=O) groups excluding carboxylic acids is 1. The van der Waals surface area contributed by atoms with Gasteiger partial charge in [0.15, 0.2) is 0 Å². The molecule has 192 valence electrons. The van der Waals surface area contributed by atoms with Crippen molar-refractivity contribution in [1.82, 2.24) is 10.2 Å². The molecule has 37 heavy (non-hydrogen) atoms. The van der Waals surface area contributed by atoms with Gasteiger partial charge in [-0.05, 0) is 55.0 Å². The Morgan fingerprint density at radius 3 is 2.46 bits per heavy atom. The van der Waals surface area contributed by atoms with E-state index in [4.69, 9.17) is 15.2 Å². The van der Waals surface area contributed by atoms with E-state index in [1.807, 2.05) is 30.3 Å². The average molecular weight is 514 g/mol. The number of aromatic nitrogens is 2. The summed E-state index contributed by atoms with van der Waals surface area (Å²) < 4.78 is 52.4. The summed E-state index contributed by atoms with van der Waals surface area (Å²) in [6.45, 7) is -0.250. The molecule has 1 heterocycles. The van der Waals surface area contributed by atoms with Crippen LogP contribution in [0.1, 0.15) is 48.3 Å². The van der Waals surface area contributed by atoms with Crippen molar-refractivity contribution in [1.29, 1.82) is 5.26 Å². The Balaban J connectivity index is 0.00000121. The highest BCUT2D eigenvalue weighted by Gasteiger charge is 2.32. The van der Waals surface area contributed by atoms with E-state index in [2.05, 4.69) is 15.5 Å². The molecule has 2 atom stereocenters. The van der Waals surface area contributed by atoms with Gasteiger partial charge < -0.3 is 10.4 Å². The number of hydrogen-bond acceptors (Lipinski definition) is 5. The molecule has 11 heteroatoms. The molecule has 2 unspecified atom stereocenters. The summed E-state index contributed by atoms with van der Waals surface area (Å²) >= 11 is 0. The lowest BCUT2D eigenvalue weighted by molar-refractivity contribution is -0.137. The molecular weight excluding hydrogens is 492 g/mol. The molecule has 2 aromatic carbocycles. The second-order valence-corrected chi connectivity index (χ2v) is 8.41. The fourth-order valence-electron chi connectivity index (χ4n) is 4.25. The zero-order valence-electron chi connectivity index (χ0n) is 19.4. The van der Waals surface area contributed by atoms with Crippen LogP contribution in [-0.2, 0) is 15.8 Å². The number of carboxylic acid groups (broad SMARTS) is 1. The summed E-state index contributed by atoms with van der Waals surface area (Å²) in [4.78, 5) is 21.1. The van der Waals surface area contributed by atoms with E-state index < -0.39 is 23.5 Å². The van der Waals surface area contributed by atoms with E-state index in [-0.39, 0.29) is 24.0 Å². The lowest BCUT2D eigenvalue weighted by Gasteiger charge is -2.29. The average Bonchev–Trinajstić information content (AvgIpc) is 2.90. The standard InChI is InChI=1S/C25H20F4N4O.CH2O2/c26-21-12-20(25(27,28)29)8-9-22(21)32-24(34)19-3-1-2-18(11-19)16-4-6-17(7-5-16)23-10-15(13-30)14-31-33-23;2-1-3/h4-10,12,14,18-19H,1-3,11H2,(H,32,34);1H,(H,2,3). The highest BCUT2D eigenvalue weighted by atomic mass is 19.4. The number of halogens is 4. The van der Waals surface area contributed by atoms with Gasteiger partial charge in [0.05, 0.1) is 28.7 Å². The summed E-state index contributed by atoms with van der Waals surface area (Å²) in [5, 5.41) is 26.3. The molecule has 0 bridgehead atoms. The summed E-state index contributed by atoms with van der Waals surface area (Å²) in [5.41, 5.74) is 1.51. The minimum atomic E-state index is -4.65. The number of hydrogen-bond donors (Lipinski definition) is 2. The minimum absolute atomic E-state index is 0.118. The van der Waals surface area contributed by atoms with E-state index in [1.54, 1.807) is 6.07 Å². The molecular formula is C26H22F4N4O3. The third-order valence-electron chi connectivity index (χ3n) is 6.06. The van der Waals surface area contributed by atoms with Crippen LogP contribution < -0.4 is 5.32 Å². The molecule has 3 aromatic rings. The number of amides is 1. The maximum Gasteiger partial charge on any atom is 0.416 e. The Kier molecular flexibility index (Phi) is 8.90. The molecule has 1 aliphatic carbocycles. The Hall–Kier alpha value is -4.33. The number of rotatable bonds is 4. The van der Waals surface area contributed by atoms with E-state index in [1.165, 1.54) is 6.20 Å². The Morgan fingerprint density at radius 1 is 1.14 bits per heavy atom. The van der Waals surface area contributed by atoms with Gasteiger partial charge in [0.25, 0.3) is 6.47 Å². The normalized spacial score (nSPS) is 17.1. The molecule has 1 amide bonds. The summed E-state index contributed by atoms with van der Waals surface area (Å²) in [6, 6.07) is 13.5. The molecule has 1 fully saturated rings. The Labute approximate surface area is 209 Å². The second kappa shape index (κ2) is 12.1. The zero-order valence-corrected chi connectivity index (χ0v) is 19.4. The number of nitrogens with zero attached hydrogens (tertiary/aromatic N) is 3. The smallest absolute Gasteiger partial charge is 0.416 e. The van der Waals surface area contributed by atoms with Crippen LogP contribution in [0.25, 0.3) is 11.3 Å². The maximum absolute atomic E-state index is 14.1. The molecule has 7 nitrogen and oxygen atoms in total. The van der Waals surface area contributed by atoms with Gasteiger partial charge in [0, 0.05) is 11.5 Å². The van der Waals surface area contributed by atoms with Crippen LogP contribution in [-0.4, -0.2) is 27.7 Å². The van der Waals surface area contributed by atoms with Gasteiger partial charge in [-0.1, -0.05) is 30.7 Å². The predicted molar refractivity (Wildman–Crippen MR) is 126 cm³/mol. The number of nitrogens with one attached hydrogen (secondary N) is 1. The second-order valence-electron chi connectivity index (χ2n) is 8.41. The van der Waals surface area contributed by atoms with Crippen LogP contribution in [0.5, 0.6) is 0 Å². The molecule has 0 saturated heterocycles. The highest BCUT2D eigenvalue weighted by Crippen LogP contribution is 2.38. The third kappa shape index (κ3) is 7.10. The fraction of sp³-hybridized carbons (Fsp3) is 0.269. The molecule has 1 aliphatic rings. The molecule has 4 rings (SSSR count). The van der Waals surface area contributed by atoms with Crippen molar-refractivity contribution < 1.29 is 32.3 Å². The van der Waals surface area contributed by atoms with Crippen LogP contribution in [0.4, 0.5) is 23.2 Å². The summed E-state index contributed by atoms with van der Waals surface area (Å²) in [6.07, 6.45) is -0.393. The topological polar surface area (TPSA) is 116 Å². The van der Waals surface area contributed by atoms with Crippen molar-refractivity contribution in [2.45, 2.75) is 37.8 Å². The van der Waals surface area contributed by atoms with E-state index in [0.29, 0.717) is 30.2 Å². The van der Waals surface area contributed by atoms with Crippen LogP contribution >= 0.6 is 0 Å². The maximum atomic E-state index is 14.1. The van der Waals surface area contributed by atoms with Gasteiger partial charge in [0.2, 0.25) is 5.91 Å². The van der Waals surface area contributed by atoms with Gasteiger partial charge in [-0.3, -0.25) is 9.59 Å². The first kappa shape index (κ1) is 27.3. The van der Waals surface area contributed by atoms with Crippen LogP contribution in [0.15, 0.2) is 54.7 Å². The SMILES string of the molecule is N#Cc1cnnc(-c2ccc(C3CCCC(C(=O)Nc4ccc(C(F)(F)F)cc4F)C3)cc2)c1.O=CO. The van der Waals surface area contributed by atoms with Crippen molar-refractivity contribution in [3.63, 3.8) is 0 Å². The number of benzene rings is 2. The predicted octanol–water partition coefficient (Wildman–Crippen LogP) is 5.79. The number of anilines is 1. The van der Waals surface area contributed by atoms with Crippen LogP contribution in [0.3, 0.4) is 0 Å². The first-order valence-electron chi connectivity index (χ1n) is 11.2. The van der Waals surface area contributed by atoms with Gasteiger partial charge in [-0.15, -0.1) is 0 Å². The van der Waals surface area contributed by atoms with E-state index in [0.717, 1.165) is 36.1 Å². The van der Waals surface area contributed by atoms with Crippen molar-refractivity contribution in [2.24, 2.45) is 5.92 Å². The minimum Gasteiger partial charge on any atom is -0.483 e. The molecule has 0 radical (unpaired) electrons. The highest BCUT2D eigenvalue weighted by molar-refractivity contribution is 5.92. The molecule has 1 saturated carbocycles. The van der Waals surface area contributed by atoms with Gasteiger partial charge in [-0.25, -0.2) is 4.39 Å². The molecule has 0 spiro atoms. The number of nitriles is 1. The first-order valence-corrected chi connectivity index (χ1v) is 11.2. The lowest BCUT2D eigenvalue weighted by atomic mass is 9.77. The first-order chi connectivity index (χ1) is 17.7. The number of alkyl halides is 3. The quantitative estimate of drug-likeness (QED) is 0.337. The van der Waals surface area contributed by atoms with Crippen molar-refractivity contribution in [2.75, 3.05) is 5.32 Å². The van der Waals surface area contributed by atoms with Gasteiger partial charge in [-0.2, -0.15) is 28.6 Å². The Morgan fingerprint density at radius 2 is 1.84 bits per heavy atom. The monoisotopic (exact) mass is 514 g/mol. The van der Waals surface area contributed by atoms with Gasteiger partial charge in [0.1, 0.15) is 11.9 Å². The van der Waals surface area contributed by atoms with Gasteiger partial charge >= 0.3 is 6.18 Å². The summed E-state index contributed by atoms with van der Waals surface area (Å²) in [5.74, 6) is -1.77. The molecule has 1 aromatic heterocycles. The third-order valence-corrected chi connectivity index (χ3v) is 6.06. The van der Waals surface area contributed by atoms with Crippen molar-refractivity contribution in [3.8, 4) is 17.3 Å². The van der Waals surface area contributed by atoms with Crippen molar-refractivity contribution in [3.05, 3.63) is 77.2 Å². The summed E-state index contributed by atoms with van der Waals surface area (Å²) in [7, 11) is 0. The zero-order chi connectivity index (χ0) is 27.0. The Bertz CT molecular complexity index is 1290. The lowest BCUT2D eigenvalue weighted by Crippen LogP contribution is -2.28. The van der Waals surface area contributed by atoms with E-state index >= 15 is 0 Å². The van der Waals surface area contributed by atoms with Crippen LogP contribution in [0, 0.1) is 23.1 Å². The van der Waals surface area contributed by atoms with E-state index in [9.17, 15) is 22.4 Å². The van der Waals surface area contributed by atoms with Crippen molar-refractivity contribution >= 4 is 18.1 Å². The molecule has 2 N–H and O–H groups in total.